The van der Waals surface area contributed by atoms with Crippen LogP contribution in [0.5, 0.6) is 0 Å². The Bertz CT molecular complexity index is 601. The van der Waals surface area contributed by atoms with Gasteiger partial charge in [-0.2, -0.15) is 15.0 Å². The fraction of sp³-hybridized carbons (Fsp3) is 0.308. The van der Waals surface area contributed by atoms with E-state index >= 15 is 0 Å². The molecule has 2 rings (SSSR count). The minimum absolute atomic E-state index is 0.326. The lowest BCUT2D eigenvalue weighted by Gasteiger charge is -2.20. The van der Waals surface area contributed by atoms with Gasteiger partial charge in [0.15, 0.2) is 0 Å². The van der Waals surface area contributed by atoms with E-state index in [-0.39, 0.29) is 5.82 Å². The molecule has 0 fully saturated rings. The molecule has 1 aromatic heterocycles. The van der Waals surface area contributed by atoms with Crippen LogP contribution in [0, 0.1) is 5.82 Å². The van der Waals surface area contributed by atoms with Crippen LogP contribution < -0.4 is 15.1 Å². The first-order valence-electron chi connectivity index (χ1n) is 6.12. The van der Waals surface area contributed by atoms with Crippen LogP contribution in [0.25, 0.3) is 0 Å². The number of anilines is 4. The maximum atomic E-state index is 13.8. The SMILES string of the molecule is CNc1nc(N(C)C)nc(N(C)c2ccccc2F)n1. The fourth-order valence-corrected chi connectivity index (χ4v) is 1.65. The molecule has 0 saturated carbocycles. The Labute approximate surface area is 117 Å². The number of nitrogens with one attached hydrogen (secondary N) is 1. The van der Waals surface area contributed by atoms with E-state index in [1.807, 2.05) is 14.1 Å². The van der Waals surface area contributed by atoms with Crippen molar-refractivity contribution in [2.24, 2.45) is 0 Å². The second-order valence-corrected chi connectivity index (χ2v) is 4.41. The van der Waals surface area contributed by atoms with Gasteiger partial charge in [0.1, 0.15) is 5.82 Å². The number of hydrogen-bond donors (Lipinski definition) is 1. The van der Waals surface area contributed by atoms with Crippen molar-refractivity contribution in [3.8, 4) is 0 Å². The summed E-state index contributed by atoms with van der Waals surface area (Å²) in [5, 5.41) is 2.87. The summed E-state index contributed by atoms with van der Waals surface area (Å²) in [6.45, 7) is 0. The smallest absolute Gasteiger partial charge is 0.236 e. The van der Waals surface area contributed by atoms with E-state index in [2.05, 4.69) is 20.3 Å². The maximum Gasteiger partial charge on any atom is 0.236 e. The zero-order valence-corrected chi connectivity index (χ0v) is 11.9. The number of hydrogen-bond acceptors (Lipinski definition) is 6. The molecule has 0 amide bonds. The summed E-state index contributed by atoms with van der Waals surface area (Å²) in [6, 6.07) is 6.48. The van der Waals surface area contributed by atoms with Gasteiger partial charge in [-0.15, -0.1) is 0 Å². The Morgan fingerprint density at radius 1 is 1.00 bits per heavy atom. The normalized spacial score (nSPS) is 10.2. The molecule has 2 aromatic rings. The van der Waals surface area contributed by atoms with Crippen LogP contribution in [0.1, 0.15) is 0 Å². The van der Waals surface area contributed by atoms with E-state index in [1.165, 1.54) is 6.07 Å². The molecular formula is C13H17FN6. The van der Waals surface area contributed by atoms with E-state index in [1.54, 1.807) is 42.1 Å². The molecule has 0 atom stereocenters. The molecule has 0 aliphatic carbocycles. The van der Waals surface area contributed by atoms with Crippen molar-refractivity contribution in [3.05, 3.63) is 30.1 Å². The number of nitrogens with zero attached hydrogens (tertiary/aromatic N) is 5. The molecule has 1 N–H and O–H groups in total. The predicted molar refractivity (Wildman–Crippen MR) is 78.2 cm³/mol. The van der Waals surface area contributed by atoms with E-state index in [9.17, 15) is 4.39 Å². The van der Waals surface area contributed by atoms with Crippen LogP contribution in [0.3, 0.4) is 0 Å². The van der Waals surface area contributed by atoms with Crippen molar-refractivity contribution in [3.63, 3.8) is 0 Å². The van der Waals surface area contributed by atoms with Crippen LogP contribution in [0.4, 0.5) is 27.9 Å². The number of rotatable bonds is 4. The van der Waals surface area contributed by atoms with Gasteiger partial charge in [-0.05, 0) is 12.1 Å². The molecular weight excluding hydrogens is 259 g/mol. The van der Waals surface area contributed by atoms with E-state index in [0.29, 0.717) is 23.5 Å². The highest BCUT2D eigenvalue weighted by Gasteiger charge is 2.14. The first-order chi connectivity index (χ1) is 9.52. The third-order valence-electron chi connectivity index (χ3n) is 2.75. The fourth-order valence-electron chi connectivity index (χ4n) is 1.65. The lowest BCUT2D eigenvalue weighted by molar-refractivity contribution is 0.627. The molecule has 0 spiro atoms. The van der Waals surface area contributed by atoms with Crippen molar-refractivity contribution in [1.29, 1.82) is 0 Å². The summed E-state index contributed by atoms with van der Waals surface area (Å²) in [7, 11) is 7.11. The van der Waals surface area contributed by atoms with Crippen LogP contribution in [-0.2, 0) is 0 Å². The summed E-state index contributed by atoms with van der Waals surface area (Å²) < 4.78 is 13.8. The summed E-state index contributed by atoms with van der Waals surface area (Å²) >= 11 is 0. The van der Waals surface area contributed by atoms with Crippen LogP contribution >= 0.6 is 0 Å². The van der Waals surface area contributed by atoms with Gasteiger partial charge in [0.05, 0.1) is 5.69 Å². The largest absolute Gasteiger partial charge is 0.357 e. The van der Waals surface area contributed by atoms with Crippen molar-refractivity contribution in [2.75, 3.05) is 43.3 Å². The van der Waals surface area contributed by atoms with Crippen LogP contribution in [-0.4, -0.2) is 43.1 Å². The van der Waals surface area contributed by atoms with Gasteiger partial charge < -0.3 is 15.1 Å². The average molecular weight is 276 g/mol. The Morgan fingerprint density at radius 3 is 2.25 bits per heavy atom. The number of para-hydroxylation sites is 1. The minimum Gasteiger partial charge on any atom is -0.357 e. The van der Waals surface area contributed by atoms with Gasteiger partial charge in [0.2, 0.25) is 17.8 Å². The lowest BCUT2D eigenvalue weighted by atomic mass is 10.3. The number of benzene rings is 1. The molecule has 106 valence electrons. The number of halogens is 1. The second-order valence-electron chi connectivity index (χ2n) is 4.41. The van der Waals surface area contributed by atoms with Crippen LogP contribution in [0.15, 0.2) is 24.3 Å². The zero-order chi connectivity index (χ0) is 14.7. The summed E-state index contributed by atoms with van der Waals surface area (Å²) in [5.74, 6) is 0.982. The highest BCUT2D eigenvalue weighted by atomic mass is 19.1. The van der Waals surface area contributed by atoms with Gasteiger partial charge >= 0.3 is 0 Å². The van der Waals surface area contributed by atoms with Crippen LogP contribution in [0.2, 0.25) is 0 Å². The standard InChI is InChI=1S/C13H17FN6/c1-15-11-16-12(19(2)3)18-13(17-11)20(4)10-8-6-5-7-9(10)14/h5-8H,1-4H3,(H,15,16,17,18). The molecule has 1 heterocycles. The van der Waals surface area contributed by atoms with Gasteiger partial charge in [-0.3, -0.25) is 0 Å². The highest BCUT2D eigenvalue weighted by molar-refractivity contribution is 5.59. The van der Waals surface area contributed by atoms with Crippen molar-refractivity contribution in [1.82, 2.24) is 15.0 Å². The quantitative estimate of drug-likeness (QED) is 0.920. The van der Waals surface area contributed by atoms with Crippen molar-refractivity contribution in [2.45, 2.75) is 0 Å². The van der Waals surface area contributed by atoms with Gasteiger partial charge in [-0.1, -0.05) is 12.1 Å². The van der Waals surface area contributed by atoms with E-state index in [0.717, 1.165) is 0 Å². The van der Waals surface area contributed by atoms with E-state index in [4.69, 9.17) is 0 Å². The molecule has 0 radical (unpaired) electrons. The molecule has 0 aliphatic heterocycles. The van der Waals surface area contributed by atoms with E-state index < -0.39 is 0 Å². The molecule has 0 aliphatic rings. The van der Waals surface area contributed by atoms with Gasteiger partial charge in [0, 0.05) is 28.2 Å². The third kappa shape index (κ3) is 2.76. The summed E-state index contributed by atoms with van der Waals surface area (Å²) in [6.07, 6.45) is 0. The molecule has 1 aromatic carbocycles. The third-order valence-corrected chi connectivity index (χ3v) is 2.75. The molecule has 0 bridgehead atoms. The first kappa shape index (κ1) is 14.0. The first-order valence-corrected chi connectivity index (χ1v) is 6.12. The minimum atomic E-state index is -0.326. The Morgan fingerprint density at radius 2 is 1.65 bits per heavy atom. The molecule has 6 nitrogen and oxygen atoms in total. The summed E-state index contributed by atoms with van der Waals surface area (Å²) in [4.78, 5) is 16.1. The molecule has 7 heteroatoms. The molecule has 0 unspecified atom stereocenters. The second kappa shape index (κ2) is 5.68. The zero-order valence-electron chi connectivity index (χ0n) is 11.9. The monoisotopic (exact) mass is 276 g/mol. The van der Waals surface area contributed by atoms with Gasteiger partial charge in [0.25, 0.3) is 0 Å². The Hall–Kier alpha value is -2.44. The van der Waals surface area contributed by atoms with Crippen molar-refractivity contribution < 1.29 is 4.39 Å². The highest BCUT2D eigenvalue weighted by Crippen LogP contribution is 2.24. The predicted octanol–water partition coefficient (Wildman–Crippen LogP) is 1.89. The molecule has 20 heavy (non-hydrogen) atoms. The lowest BCUT2D eigenvalue weighted by Crippen LogP contribution is -2.20. The topological polar surface area (TPSA) is 57.2 Å². The Balaban J connectivity index is 2.46. The Kier molecular flexibility index (Phi) is 3.97. The average Bonchev–Trinajstić information content (AvgIpc) is 2.46. The molecule has 0 saturated heterocycles. The van der Waals surface area contributed by atoms with Crippen molar-refractivity contribution >= 4 is 23.5 Å². The summed E-state index contributed by atoms with van der Waals surface area (Å²) in [5.41, 5.74) is 0.408. The number of aromatic nitrogens is 3. The maximum absolute atomic E-state index is 13.8. The van der Waals surface area contributed by atoms with Gasteiger partial charge in [-0.25, -0.2) is 4.39 Å².